The molecule has 1 amide bonds. The Kier molecular flexibility index (Phi) is 7.24. The number of carbonyl (C=O) groups is 1. The van der Waals surface area contributed by atoms with Crippen LogP contribution < -0.4 is 14.8 Å². The van der Waals surface area contributed by atoms with E-state index in [9.17, 15) is 4.79 Å². The van der Waals surface area contributed by atoms with Gasteiger partial charge in [-0.1, -0.05) is 56.6 Å². The molecule has 162 valence electrons. The fourth-order valence-electron chi connectivity index (χ4n) is 3.27. The Balaban J connectivity index is 1.83. The molecule has 0 aliphatic carbocycles. The van der Waals surface area contributed by atoms with Crippen molar-refractivity contribution in [2.24, 2.45) is 0 Å². The molecule has 31 heavy (non-hydrogen) atoms. The molecule has 0 heterocycles. The molecule has 0 saturated carbocycles. The maximum Gasteiger partial charge on any atom is 0.255 e. The third kappa shape index (κ3) is 6.02. The summed E-state index contributed by atoms with van der Waals surface area (Å²) >= 11 is 6.01. The Labute approximate surface area is 189 Å². The fourth-order valence-corrected chi connectivity index (χ4v) is 3.46. The van der Waals surface area contributed by atoms with E-state index in [0.717, 1.165) is 16.9 Å². The molecule has 0 radical (unpaired) electrons. The first-order valence-corrected chi connectivity index (χ1v) is 10.7. The average Bonchev–Trinajstić information content (AvgIpc) is 2.72. The monoisotopic (exact) mass is 437 g/mol. The average molecular weight is 438 g/mol. The summed E-state index contributed by atoms with van der Waals surface area (Å²) in [5.74, 6) is 1.31. The number of carbonyl (C=O) groups excluding carboxylic acids is 1. The second kappa shape index (κ2) is 9.88. The first kappa shape index (κ1) is 22.7. The van der Waals surface area contributed by atoms with Crippen molar-refractivity contribution in [3.05, 3.63) is 88.4 Å². The van der Waals surface area contributed by atoms with Gasteiger partial charge in [0.15, 0.2) is 0 Å². The number of para-hydroxylation sites is 1. The zero-order chi connectivity index (χ0) is 22.4. The van der Waals surface area contributed by atoms with Crippen LogP contribution in [-0.2, 0) is 12.0 Å². The van der Waals surface area contributed by atoms with Gasteiger partial charge in [-0.25, -0.2) is 0 Å². The lowest BCUT2D eigenvalue weighted by Crippen LogP contribution is -2.14. The number of halogens is 1. The standard InChI is InChI=1S/C26H28ClNO3/c1-5-30-23-14-13-18(25(29)28-21-10-8-9-20(27)16-21)15-19(23)17-31-24-12-7-6-11-22(24)26(2,3)4/h6-16H,5,17H2,1-4H3,(H,28,29). The van der Waals surface area contributed by atoms with Crippen LogP contribution in [0.25, 0.3) is 0 Å². The number of nitrogens with one attached hydrogen (secondary N) is 1. The second-order valence-corrected chi connectivity index (χ2v) is 8.69. The molecular weight excluding hydrogens is 410 g/mol. The molecule has 0 aliphatic heterocycles. The molecule has 3 aromatic carbocycles. The van der Waals surface area contributed by atoms with Gasteiger partial charge in [-0.3, -0.25) is 4.79 Å². The Morgan fingerprint density at radius 3 is 2.42 bits per heavy atom. The summed E-state index contributed by atoms with van der Waals surface area (Å²) in [6, 6.07) is 20.5. The lowest BCUT2D eigenvalue weighted by atomic mass is 9.86. The molecule has 0 aromatic heterocycles. The van der Waals surface area contributed by atoms with Crippen LogP contribution in [0.1, 0.15) is 49.2 Å². The minimum Gasteiger partial charge on any atom is -0.493 e. The van der Waals surface area contributed by atoms with Gasteiger partial charge in [0.25, 0.3) is 5.91 Å². The lowest BCUT2D eigenvalue weighted by molar-refractivity contribution is 0.102. The van der Waals surface area contributed by atoms with Crippen molar-refractivity contribution >= 4 is 23.2 Å². The predicted molar refractivity (Wildman–Crippen MR) is 126 cm³/mol. The number of hydrogen-bond donors (Lipinski definition) is 1. The molecule has 0 unspecified atom stereocenters. The number of ether oxygens (including phenoxy) is 2. The molecular formula is C26H28ClNO3. The fraction of sp³-hybridized carbons (Fsp3) is 0.269. The van der Waals surface area contributed by atoms with Gasteiger partial charge in [0.05, 0.1) is 6.61 Å². The quantitative estimate of drug-likeness (QED) is 0.438. The molecule has 0 saturated heterocycles. The van der Waals surface area contributed by atoms with Crippen molar-refractivity contribution in [3.63, 3.8) is 0 Å². The van der Waals surface area contributed by atoms with Crippen LogP contribution in [0.2, 0.25) is 5.02 Å². The molecule has 0 bridgehead atoms. The van der Waals surface area contributed by atoms with Gasteiger partial charge < -0.3 is 14.8 Å². The van der Waals surface area contributed by atoms with Gasteiger partial charge in [0.1, 0.15) is 18.1 Å². The smallest absolute Gasteiger partial charge is 0.255 e. The van der Waals surface area contributed by atoms with E-state index in [2.05, 4.69) is 32.2 Å². The summed E-state index contributed by atoms with van der Waals surface area (Å²) in [5, 5.41) is 3.44. The van der Waals surface area contributed by atoms with Gasteiger partial charge >= 0.3 is 0 Å². The number of rotatable bonds is 7. The van der Waals surface area contributed by atoms with Crippen LogP contribution >= 0.6 is 11.6 Å². The van der Waals surface area contributed by atoms with E-state index in [0.29, 0.717) is 35.2 Å². The molecule has 0 fully saturated rings. The minimum absolute atomic E-state index is 0.0436. The highest BCUT2D eigenvalue weighted by atomic mass is 35.5. The summed E-state index contributed by atoms with van der Waals surface area (Å²) in [7, 11) is 0. The van der Waals surface area contributed by atoms with Crippen LogP contribution in [-0.4, -0.2) is 12.5 Å². The SMILES string of the molecule is CCOc1ccc(C(=O)Nc2cccc(Cl)c2)cc1COc1ccccc1C(C)(C)C. The van der Waals surface area contributed by atoms with Crippen LogP contribution in [0.15, 0.2) is 66.7 Å². The van der Waals surface area contributed by atoms with Crippen molar-refractivity contribution in [2.75, 3.05) is 11.9 Å². The largest absolute Gasteiger partial charge is 0.493 e. The number of anilines is 1. The zero-order valence-corrected chi connectivity index (χ0v) is 19.1. The van der Waals surface area contributed by atoms with Crippen molar-refractivity contribution in [2.45, 2.75) is 39.7 Å². The topological polar surface area (TPSA) is 47.6 Å². The Hall–Kier alpha value is -2.98. The van der Waals surface area contributed by atoms with Crippen LogP contribution in [0.5, 0.6) is 11.5 Å². The number of benzene rings is 3. The highest BCUT2D eigenvalue weighted by molar-refractivity contribution is 6.31. The van der Waals surface area contributed by atoms with E-state index in [1.807, 2.05) is 37.3 Å². The highest BCUT2D eigenvalue weighted by Crippen LogP contribution is 2.32. The minimum atomic E-state index is -0.221. The summed E-state index contributed by atoms with van der Waals surface area (Å²) < 4.78 is 11.9. The Bertz CT molecular complexity index is 1060. The molecule has 3 aromatic rings. The second-order valence-electron chi connectivity index (χ2n) is 8.25. The summed E-state index contributed by atoms with van der Waals surface area (Å²) in [4.78, 5) is 12.8. The molecule has 3 rings (SSSR count). The number of amides is 1. The molecule has 5 heteroatoms. The van der Waals surface area contributed by atoms with Gasteiger partial charge in [-0.05, 0) is 60.4 Å². The summed E-state index contributed by atoms with van der Waals surface area (Å²) in [6.45, 7) is 9.21. The summed E-state index contributed by atoms with van der Waals surface area (Å²) in [5.41, 5.74) is 3.06. The normalized spacial score (nSPS) is 11.1. The first-order valence-electron chi connectivity index (χ1n) is 10.3. The van der Waals surface area contributed by atoms with Crippen molar-refractivity contribution < 1.29 is 14.3 Å². The third-order valence-corrected chi connectivity index (χ3v) is 5.02. The van der Waals surface area contributed by atoms with E-state index < -0.39 is 0 Å². The van der Waals surface area contributed by atoms with Crippen molar-refractivity contribution in [3.8, 4) is 11.5 Å². The van der Waals surface area contributed by atoms with E-state index in [4.69, 9.17) is 21.1 Å². The number of hydrogen-bond acceptors (Lipinski definition) is 3. The van der Waals surface area contributed by atoms with Gasteiger partial charge in [0, 0.05) is 21.8 Å². The Morgan fingerprint density at radius 1 is 0.935 bits per heavy atom. The highest BCUT2D eigenvalue weighted by Gasteiger charge is 2.19. The first-order chi connectivity index (χ1) is 14.8. The maximum absolute atomic E-state index is 12.8. The van der Waals surface area contributed by atoms with Crippen molar-refractivity contribution in [1.82, 2.24) is 0 Å². The maximum atomic E-state index is 12.8. The molecule has 0 spiro atoms. The zero-order valence-electron chi connectivity index (χ0n) is 18.4. The van der Waals surface area contributed by atoms with Crippen LogP contribution in [0, 0.1) is 0 Å². The van der Waals surface area contributed by atoms with E-state index in [1.54, 1.807) is 30.3 Å². The molecule has 0 atom stereocenters. The van der Waals surface area contributed by atoms with Crippen molar-refractivity contribution in [1.29, 1.82) is 0 Å². The van der Waals surface area contributed by atoms with Gasteiger partial charge in [-0.15, -0.1) is 0 Å². The lowest BCUT2D eigenvalue weighted by Gasteiger charge is -2.23. The Morgan fingerprint density at radius 2 is 1.71 bits per heavy atom. The van der Waals surface area contributed by atoms with Crippen LogP contribution in [0.4, 0.5) is 5.69 Å². The van der Waals surface area contributed by atoms with Gasteiger partial charge in [-0.2, -0.15) is 0 Å². The summed E-state index contributed by atoms with van der Waals surface area (Å²) in [6.07, 6.45) is 0. The van der Waals surface area contributed by atoms with E-state index in [-0.39, 0.29) is 11.3 Å². The molecule has 4 nitrogen and oxygen atoms in total. The third-order valence-electron chi connectivity index (χ3n) is 4.78. The van der Waals surface area contributed by atoms with Crippen LogP contribution in [0.3, 0.4) is 0 Å². The molecule has 1 N–H and O–H groups in total. The molecule has 0 aliphatic rings. The van der Waals surface area contributed by atoms with Gasteiger partial charge in [0.2, 0.25) is 0 Å². The van der Waals surface area contributed by atoms with E-state index >= 15 is 0 Å². The van der Waals surface area contributed by atoms with E-state index in [1.165, 1.54) is 0 Å². The predicted octanol–water partition coefficient (Wildman–Crippen LogP) is 6.87.